The van der Waals surface area contributed by atoms with E-state index in [0.29, 0.717) is 17.7 Å². The highest BCUT2D eigenvalue weighted by Gasteiger charge is 2.18. The molecular weight excluding hydrogens is 274 g/mol. The van der Waals surface area contributed by atoms with Gasteiger partial charge in [-0.3, -0.25) is 10.1 Å². The van der Waals surface area contributed by atoms with E-state index in [0.717, 1.165) is 0 Å². The third-order valence-electron chi connectivity index (χ3n) is 2.96. The van der Waals surface area contributed by atoms with Gasteiger partial charge in [0.25, 0.3) is 5.69 Å². The fourth-order valence-corrected chi connectivity index (χ4v) is 1.99. The SMILES string of the molecule is CCOC(=O)C(C)Nc1ccnc2c([N+](=O)[O-])cccc12. The minimum atomic E-state index is -0.560. The summed E-state index contributed by atoms with van der Waals surface area (Å²) in [6.07, 6.45) is 1.47. The van der Waals surface area contributed by atoms with E-state index in [1.807, 2.05) is 0 Å². The highest BCUT2D eigenvalue weighted by molar-refractivity contribution is 5.97. The number of pyridine rings is 1. The minimum absolute atomic E-state index is 0.0695. The van der Waals surface area contributed by atoms with E-state index in [1.165, 1.54) is 12.3 Å². The number of benzene rings is 1. The molecule has 1 aromatic heterocycles. The average Bonchev–Trinajstić information content (AvgIpc) is 2.47. The predicted octanol–water partition coefficient (Wildman–Crippen LogP) is 2.51. The number of ether oxygens (including phenoxy) is 1. The van der Waals surface area contributed by atoms with Gasteiger partial charge in [0.05, 0.1) is 11.5 Å². The molecule has 0 aliphatic rings. The standard InChI is InChI=1S/C14H15N3O4/c1-3-21-14(18)9(2)16-11-7-8-15-13-10(11)5-4-6-12(13)17(19)20/h4-9H,3H2,1-2H3,(H,15,16). The van der Waals surface area contributed by atoms with Crippen molar-refractivity contribution in [3.05, 3.63) is 40.6 Å². The second kappa shape index (κ2) is 6.17. The Morgan fingerprint density at radius 1 is 1.48 bits per heavy atom. The highest BCUT2D eigenvalue weighted by atomic mass is 16.6. The van der Waals surface area contributed by atoms with Crippen LogP contribution in [0, 0.1) is 10.1 Å². The van der Waals surface area contributed by atoms with E-state index in [1.54, 1.807) is 32.0 Å². The number of hydrogen-bond donors (Lipinski definition) is 1. The van der Waals surface area contributed by atoms with Gasteiger partial charge in [0.2, 0.25) is 0 Å². The molecule has 1 heterocycles. The Morgan fingerprint density at radius 3 is 2.90 bits per heavy atom. The third kappa shape index (κ3) is 3.07. The number of para-hydroxylation sites is 1. The van der Waals surface area contributed by atoms with Crippen molar-refractivity contribution in [2.24, 2.45) is 0 Å². The second-order valence-corrected chi connectivity index (χ2v) is 4.41. The zero-order chi connectivity index (χ0) is 15.4. The van der Waals surface area contributed by atoms with Gasteiger partial charge in [-0.05, 0) is 19.9 Å². The Balaban J connectivity index is 2.39. The Hall–Kier alpha value is -2.70. The normalized spacial score (nSPS) is 11.9. The quantitative estimate of drug-likeness (QED) is 0.516. The number of hydrogen-bond acceptors (Lipinski definition) is 6. The third-order valence-corrected chi connectivity index (χ3v) is 2.96. The lowest BCUT2D eigenvalue weighted by atomic mass is 10.1. The molecule has 0 fully saturated rings. The highest BCUT2D eigenvalue weighted by Crippen LogP contribution is 2.28. The molecule has 0 saturated carbocycles. The van der Waals surface area contributed by atoms with Crippen molar-refractivity contribution in [3.63, 3.8) is 0 Å². The molecule has 21 heavy (non-hydrogen) atoms. The summed E-state index contributed by atoms with van der Waals surface area (Å²) in [5.74, 6) is -0.382. The first-order valence-corrected chi connectivity index (χ1v) is 6.50. The van der Waals surface area contributed by atoms with Crippen molar-refractivity contribution < 1.29 is 14.5 Å². The molecule has 2 aromatic rings. The van der Waals surface area contributed by atoms with Crippen LogP contribution in [0.5, 0.6) is 0 Å². The van der Waals surface area contributed by atoms with E-state index in [-0.39, 0.29) is 17.2 Å². The summed E-state index contributed by atoms with van der Waals surface area (Å²) in [4.78, 5) is 26.2. The molecule has 1 atom stereocenters. The van der Waals surface area contributed by atoms with Gasteiger partial charge >= 0.3 is 5.97 Å². The van der Waals surface area contributed by atoms with Gasteiger partial charge < -0.3 is 10.1 Å². The number of nitro benzene ring substituents is 1. The maximum atomic E-state index is 11.7. The Morgan fingerprint density at radius 2 is 2.24 bits per heavy atom. The van der Waals surface area contributed by atoms with E-state index < -0.39 is 11.0 Å². The van der Waals surface area contributed by atoms with Gasteiger partial charge in [-0.15, -0.1) is 0 Å². The summed E-state index contributed by atoms with van der Waals surface area (Å²) < 4.78 is 4.92. The van der Waals surface area contributed by atoms with Crippen LogP contribution < -0.4 is 5.32 Å². The van der Waals surface area contributed by atoms with Crippen LogP contribution in [-0.4, -0.2) is 28.5 Å². The maximum absolute atomic E-state index is 11.7. The van der Waals surface area contributed by atoms with Crippen molar-refractivity contribution in [1.29, 1.82) is 0 Å². The number of nitro groups is 1. The van der Waals surface area contributed by atoms with Crippen LogP contribution in [-0.2, 0) is 9.53 Å². The van der Waals surface area contributed by atoms with E-state index in [4.69, 9.17) is 4.74 Å². The lowest BCUT2D eigenvalue weighted by Gasteiger charge is -2.15. The van der Waals surface area contributed by atoms with E-state index in [9.17, 15) is 14.9 Å². The molecule has 0 bridgehead atoms. The van der Waals surface area contributed by atoms with Gasteiger partial charge in [0.1, 0.15) is 11.6 Å². The van der Waals surface area contributed by atoms with Gasteiger partial charge in [-0.25, -0.2) is 9.78 Å². The Bertz CT molecular complexity index is 687. The van der Waals surface area contributed by atoms with Gasteiger partial charge in [0, 0.05) is 23.3 Å². The molecule has 7 nitrogen and oxygen atoms in total. The largest absolute Gasteiger partial charge is 0.464 e. The fourth-order valence-electron chi connectivity index (χ4n) is 1.99. The molecule has 7 heteroatoms. The monoisotopic (exact) mass is 289 g/mol. The van der Waals surface area contributed by atoms with Crippen LogP contribution in [0.15, 0.2) is 30.5 Å². The maximum Gasteiger partial charge on any atom is 0.328 e. The number of esters is 1. The number of non-ortho nitro benzene ring substituents is 1. The average molecular weight is 289 g/mol. The summed E-state index contributed by atoms with van der Waals surface area (Å²) in [5, 5.41) is 14.6. The molecule has 1 unspecified atom stereocenters. The van der Waals surface area contributed by atoms with Gasteiger partial charge in [0.15, 0.2) is 0 Å². The van der Waals surface area contributed by atoms with Crippen LogP contribution in [0.1, 0.15) is 13.8 Å². The molecule has 2 rings (SSSR count). The zero-order valence-electron chi connectivity index (χ0n) is 11.7. The smallest absolute Gasteiger partial charge is 0.328 e. The first kappa shape index (κ1) is 14.7. The summed E-state index contributed by atoms with van der Waals surface area (Å²) in [6.45, 7) is 3.70. The van der Waals surface area contributed by atoms with Crippen LogP contribution in [0.4, 0.5) is 11.4 Å². The molecule has 0 spiro atoms. The van der Waals surface area contributed by atoms with Gasteiger partial charge in [-0.1, -0.05) is 12.1 Å². The second-order valence-electron chi connectivity index (χ2n) is 4.41. The fraction of sp³-hybridized carbons (Fsp3) is 0.286. The molecule has 0 aliphatic carbocycles. The van der Waals surface area contributed by atoms with Crippen molar-refractivity contribution in [2.75, 3.05) is 11.9 Å². The van der Waals surface area contributed by atoms with Crippen LogP contribution in [0.25, 0.3) is 10.9 Å². The number of anilines is 1. The summed E-state index contributed by atoms with van der Waals surface area (Å²) in [5.41, 5.74) is 0.813. The molecular formula is C14H15N3O4. The molecule has 110 valence electrons. The number of nitrogens with zero attached hydrogens (tertiary/aromatic N) is 2. The molecule has 0 radical (unpaired) electrons. The first-order valence-electron chi connectivity index (χ1n) is 6.50. The van der Waals surface area contributed by atoms with Crippen LogP contribution >= 0.6 is 0 Å². The van der Waals surface area contributed by atoms with E-state index >= 15 is 0 Å². The van der Waals surface area contributed by atoms with Crippen LogP contribution in [0.2, 0.25) is 0 Å². The number of nitrogens with one attached hydrogen (secondary N) is 1. The van der Waals surface area contributed by atoms with Gasteiger partial charge in [-0.2, -0.15) is 0 Å². The molecule has 1 aromatic carbocycles. The number of carbonyl (C=O) groups is 1. The lowest BCUT2D eigenvalue weighted by molar-refractivity contribution is -0.383. The van der Waals surface area contributed by atoms with Crippen molar-refractivity contribution in [1.82, 2.24) is 4.98 Å². The van der Waals surface area contributed by atoms with E-state index in [2.05, 4.69) is 10.3 Å². The summed E-state index contributed by atoms with van der Waals surface area (Å²) in [7, 11) is 0. The Kier molecular flexibility index (Phi) is 4.32. The first-order chi connectivity index (χ1) is 10.0. The molecule has 0 saturated heterocycles. The lowest BCUT2D eigenvalue weighted by Crippen LogP contribution is -2.28. The topological polar surface area (TPSA) is 94.4 Å². The number of rotatable bonds is 5. The molecule has 0 aliphatic heterocycles. The minimum Gasteiger partial charge on any atom is -0.464 e. The molecule has 1 N–H and O–H groups in total. The number of fused-ring (bicyclic) bond motifs is 1. The Labute approximate surface area is 121 Å². The summed E-state index contributed by atoms with van der Waals surface area (Å²) >= 11 is 0. The summed E-state index contributed by atoms with van der Waals surface area (Å²) in [6, 6.07) is 5.81. The van der Waals surface area contributed by atoms with Crippen molar-refractivity contribution in [2.45, 2.75) is 19.9 Å². The number of carbonyl (C=O) groups excluding carboxylic acids is 1. The molecule has 0 amide bonds. The number of aromatic nitrogens is 1. The zero-order valence-corrected chi connectivity index (χ0v) is 11.7. The van der Waals surface area contributed by atoms with Crippen LogP contribution in [0.3, 0.4) is 0 Å². The van der Waals surface area contributed by atoms with Crippen molar-refractivity contribution in [3.8, 4) is 0 Å². The van der Waals surface area contributed by atoms with Crippen molar-refractivity contribution >= 4 is 28.2 Å². The predicted molar refractivity (Wildman–Crippen MR) is 78.1 cm³/mol.